The third kappa shape index (κ3) is 6.29. The SMILES string of the molecule is CCNC(=NCc1ccc(OC)c(C(=O)OC)c1)NCCc1ccccn1. The fraction of sp³-hybridized carbons (Fsp3) is 0.350. The standard InChI is InChI=1S/C20H26N4O3/c1-4-21-20(23-12-10-16-7-5-6-11-22-16)24-14-15-8-9-18(26-2)17(13-15)19(25)27-3/h5-9,11,13H,4,10,12,14H2,1-3H3,(H2,21,23,24). The molecule has 1 aromatic heterocycles. The monoisotopic (exact) mass is 370 g/mol. The average Bonchev–Trinajstić information content (AvgIpc) is 2.72. The molecule has 27 heavy (non-hydrogen) atoms. The van der Waals surface area contributed by atoms with Gasteiger partial charge in [-0.15, -0.1) is 0 Å². The maximum atomic E-state index is 11.9. The van der Waals surface area contributed by atoms with Crippen LogP contribution in [-0.4, -0.2) is 44.2 Å². The van der Waals surface area contributed by atoms with Crippen LogP contribution in [0.15, 0.2) is 47.6 Å². The van der Waals surface area contributed by atoms with Crippen molar-refractivity contribution in [2.75, 3.05) is 27.3 Å². The number of aliphatic imine (C=N–C) groups is 1. The van der Waals surface area contributed by atoms with Crippen LogP contribution < -0.4 is 15.4 Å². The Balaban J connectivity index is 2.01. The molecule has 0 amide bonds. The van der Waals surface area contributed by atoms with E-state index in [9.17, 15) is 4.79 Å². The van der Waals surface area contributed by atoms with E-state index in [1.165, 1.54) is 14.2 Å². The second-order valence-corrected chi connectivity index (χ2v) is 5.72. The molecule has 0 bridgehead atoms. The number of benzene rings is 1. The highest BCUT2D eigenvalue weighted by Crippen LogP contribution is 2.21. The van der Waals surface area contributed by atoms with Crippen LogP contribution in [0.25, 0.3) is 0 Å². The minimum atomic E-state index is -0.432. The fourth-order valence-electron chi connectivity index (χ4n) is 2.49. The Morgan fingerprint density at radius 3 is 2.70 bits per heavy atom. The first-order valence-corrected chi connectivity index (χ1v) is 8.85. The summed E-state index contributed by atoms with van der Waals surface area (Å²) in [5, 5.41) is 6.51. The molecule has 0 aliphatic heterocycles. The van der Waals surface area contributed by atoms with Crippen molar-refractivity contribution in [3.63, 3.8) is 0 Å². The van der Waals surface area contributed by atoms with Crippen LogP contribution in [0.1, 0.15) is 28.5 Å². The number of hydrogen-bond donors (Lipinski definition) is 2. The summed E-state index contributed by atoms with van der Waals surface area (Å²) in [5.41, 5.74) is 2.30. The lowest BCUT2D eigenvalue weighted by Crippen LogP contribution is -2.38. The molecule has 0 aliphatic carbocycles. The molecule has 1 aromatic carbocycles. The quantitative estimate of drug-likeness (QED) is 0.421. The van der Waals surface area contributed by atoms with Crippen LogP contribution in [0.4, 0.5) is 0 Å². The molecule has 0 aliphatic rings. The van der Waals surface area contributed by atoms with E-state index in [4.69, 9.17) is 9.47 Å². The lowest BCUT2D eigenvalue weighted by atomic mass is 10.1. The molecule has 2 N–H and O–H groups in total. The number of esters is 1. The van der Waals surface area contributed by atoms with Gasteiger partial charge in [0.1, 0.15) is 11.3 Å². The highest BCUT2D eigenvalue weighted by molar-refractivity contribution is 5.92. The van der Waals surface area contributed by atoms with Gasteiger partial charge in [-0.25, -0.2) is 9.79 Å². The van der Waals surface area contributed by atoms with Crippen LogP contribution in [0.2, 0.25) is 0 Å². The lowest BCUT2D eigenvalue weighted by Gasteiger charge is -2.12. The number of nitrogens with zero attached hydrogens (tertiary/aromatic N) is 2. The Morgan fingerprint density at radius 1 is 1.19 bits per heavy atom. The second kappa shape index (κ2) is 10.8. The number of carbonyl (C=O) groups excluding carboxylic acids is 1. The maximum absolute atomic E-state index is 11.9. The van der Waals surface area contributed by atoms with Crippen LogP contribution in [0.3, 0.4) is 0 Å². The number of pyridine rings is 1. The van der Waals surface area contributed by atoms with Crippen molar-refractivity contribution in [1.29, 1.82) is 0 Å². The number of guanidine groups is 1. The van der Waals surface area contributed by atoms with Crippen molar-refractivity contribution in [1.82, 2.24) is 15.6 Å². The summed E-state index contributed by atoms with van der Waals surface area (Å²) in [6.07, 6.45) is 2.59. The summed E-state index contributed by atoms with van der Waals surface area (Å²) in [6, 6.07) is 11.2. The van der Waals surface area contributed by atoms with Gasteiger partial charge in [-0.2, -0.15) is 0 Å². The molecule has 144 valence electrons. The Labute approximate surface area is 159 Å². The number of methoxy groups -OCH3 is 2. The van der Waals surface area contributed by atoms with Crippen molar-refractivity contribution in [3.8, 4) is 5.75 Å². The van der Waals surface area contributed by atoms with Crippen LogP contribution in [0.5, 0.6) is 5.75 Å². The van der Waals surface area contributed by atoms with Gasteiger partial charge in [0.05, 0.1) is 20.8 Å². The molecule has 1 heterocycles. The number of nitrogens with one attached hydrogen (secondary N) is 2. The number of rotatable bonds is 8. The van der Waals surface area contributed by atoms with E-state index in [0.29, 0.717) is 23.8 Å². The first kappa shape index (κ1) is 20.2. The number of aromatic nitrogens is 1. The van der Waals surface area contributed by atoms with Gasteiger partial charge in [0, 0.05) is 31.4 Å². The van der Waals surface area contributed by atoms with E-state index < -0.39 is 5.97 Å². The average molecular weight is 370 g/mol. The highest BCUT2D eigenvalue weighted by Gasteiger charge is 2.13. The zero-order valence-electron chi connectivity index (χ0n) is 16.0. The van der Waals surface area contributed by atoms with Crippen LogP contribution in [0, 0.1) is 0 Å². The molecule has 2 aromatic rings. The van der Waals surface area contributed by atoms with Crippen molar-refractivity contribution < 1.29 is 14.3 Å². The number of ether oxygens (including phenoxy) is 2. The fourth-order valence-corrected chi connectivity index (χ4v) is 2.49. The van der Waals surface area contributed by atoms with Gasteiger partial charge in [0.15, 0.2) is 5.96 Å². The molecule has 7 heteroatoms. The first-order chi connectivity index (χ1) is 13.2. The summed E-state index contributed by atoms with van der Waals surface area (Å²) in [5.74, 6) is 0.761. The Bertz CT molecular complexity index is 763. The third-order valence-electron chi connectivity index (χ3n) is 3.83. The largest absolute Gasteiger partial charge is 0.496 e. The van der Waals surface area contributed by atoms with Gasteiger partial charge >= 0.3 is 5.97 Å². The minimum absolute atomic E-state index is 0.390. The summed E-state index contributed by atoms with van der Waals surface area (Å²) < 4.78 is 10.0. The maximum Gasteiger partial charge on any atom is 0.341 e. The van der Waals surface area contributed by atoms with Gasteiger partial charge in [-0.05, 0) is 36.8 Å². The van der Waals surface area contributed by atoms with E-state index in [-0.39, 0.29) is 0 Å². The van der Waals surface area contributed by atoms with Gasteiger partial charge in [0.25, 0.3) is 0 Å². The predicted molar refractivity (Wildman–Crippen MR) is 105 cm³/mol. The van der Waals surface area contributed by atoms with Gasteiger partial charge < -0.3 is 20.1 Å². The second-order valence-electron chi connectivity index (χ2n) is 5.72. The zero-order valence-corrected chi connectivity index (χ0v) is 16.0. The predicted octanol–water partition coefficient (Wildman–Crippen LogP) is 2.17. The summed E-state index contributed by atoms with van der Waals surface area (Å²) in [7, 11) is 2.87. The molecule has 0 fully saturated rings. The normalized spacial score (nSPS) is 11.0. The Morgan fingerprint density at radius 2 is 2.04 bits per heavy atom. The molecule has 0 radical (unpaired) electrons. The van der Waals surface area contributed by atoms with E-state index in [0.717, 1.165) is 30.8 Å². The molecule has 0 saturated carbocycles. The molecular formula is C20H26N4O3. The van der Waals surface area contributed by atoms with Crippen molar-refractivity contribution >= 4 is 11.9 Å². The summed E-state index contributed by atoms with van der Waals surface area (Å²) >= 11 is 0. The van der Waals surface area contributed by atoms with Crippen molar-refractivity contribution in [2.45, 2.75) is 19.9 Å². The smallest absolute Gasteiger partial charge is 0.341 e. The number of carbonyl (C=O) groups is 1. The third-order valence-corrected chi connectivity index (χ3v) is 3.83. The molecule has 2 rings (SSSR count). The van der Waals surface area contributed by atoms with E-state index >= 15 is 0 Å². The molecular weight excluding hydrogens is 344 g/mol. The first-order valence-electron chi connectivity index (χ1n) is 8.85. The Hall–Kier alpha value is -3.09. The lowest BCUT2D eigenvalue weighted by molar-refractivity contribution is 0.0597. The van der Waals surface area contributed by atoms with Gasteiger partial charge in [-0.1, -0.05) is 12.1 Å². The molecule has 0 spiro atoms. The zero-order chi connectivity index (χ0) is 19.5. The highest BCUT2D eigenvalue weighted by atomic mass is 16.5. The minimum Gasteiger partial charge on any atom is -0.496 e. The molecule has 0 unspecified atom stereocenters. The summed E-state index contributed by atoms with van der Waals surface area (Å²) in [4.78, 5) is 20.8. The van der Waals surface area contributed by atoms with E-state index in [1.807, 2.05) is 31.2 Å². The van der Waals surface area contributed by atoms with Crippen molar-refractivity contribution in [2.24, 2.45) is 4.99 Å². The Kier molecular flexibility index (Phi) is 8.09. The molecule has 0 atom stereocenters. The van der Waals surface area contributed by atoms with Crippen LogP contribution >= 0.6 is 0 Å². The van der Waals surface area contributed by atoms with E-state index in [2.05, 4.69) is 20.6 Å². The van der Waals surface area contributed by atoms with Gasteiger partial charge in [0.2, 0.25) is 0 Å². The van der Waals surface area contributed by atoms with E-state index in [1.54, 1.807) is 18.3 Å². The molecule has 7 nitrogen and oxygen atoms in total. The summed E-state index contributed by atoms with van der Waals surface area (Å²) in [6.45, 7) is 3.91. The number of hydrogen-bond acceptors (Lipinski definition) is 5. The van der Waals surface area contributed by atoms with Crippen molar-refractivity contribution in [3.05, 3.63) is 59.4 Å². The molecule has 0 saturated heterocycles. The van der Waals surface area contributed by atoms with Gasteiger partial charge in [-0.3, -0.25) is 4.98 Å². The van der Waals surface area contributed by atoms with Crippen LogP contribution in [-0.2, 0) is 17.7 Å². The topological polar surface area (TPSA) is 84.8 Å².